The van der Waals surface area contributed by atoms with Gasteiger partial charge in [-0.2, -0.15) is 0 Å². The fourth-order valence-electron chi connectivity index (χ4n) is 0.935. The number of nitrogens with zero attached hydrogens (tertiary/aromatic N) is 2. The quantitative estimate of drug-likeness (QED) is 0.485. The van der Waals surface area contributed by atoms with Crippen LogP contribution in [0.1, 0.15) is 6.42 Å². The van der Waals surface area contributed by atoms with Crippen molar-refractivity contribution < 1.29 is 0 Å². The van der Waals surface area contributed by atoms with Crippen molar-refractivity contribution in [3.05, 3.63) is 6.42 Å². The van der Waals surface area contributed by atoms with Crippen molar-refractivity contribution in [1.29, 1.82) is 0 Å². The minimum atomic E-state index is 1.13. The van der Waals surface area contributed by atoms with Gasteiger partial charge in [-0.3, -0.25) is 0 Å². The summed E-state index contributed by atoms with van der Waals surface area (Å²) >= 11 is 0. The molecule has 0 aromatic heterocycles. The van der Waals surface area contributed by atoms with Crippen LogP contribution in [0.4, 0.5) is 0 Å². The van der Waals surface area contributed by atoms with Crippen LogP contribution >= 0.6 is 0 Å². The Morgan fingerprint density at radius 2 is 2.25 bits per heavy atom. The molecule has 1 rings (SSSR count). The van der Waals surface area contributed by atoms with Crippen molar-refractivity contribution in [3.63, 3.8) is 0 Å². The summed E-state index contributed by atoms with van der Waals surface area (Å²) in [5.41, 5.74) is 0. The summed E-state index contributed by atoms with van der Waals surface area (Å²) in [4.78, 5) is 0. The highest BCUT2D eigenvalue weighted by Gasteiger charge is 2.11. The minimum absolute atomic E-state index is 1.13. The fourth-order valence-corrected chi connectivity index (χ4v) is 0.935. The lowest BCUT2D eigenvalue weighted by atomic mass is 10.4. The van der Waals surface area contributed by atoms with Crippen molar-refractivity contribution >= 4 is 0 Å². The molecule has 1 saturated heterocycles. The van der Waals surface area contributed by atoms with Crippen molar-refractivity contribution in [2.45, 2.75) is 6.42 Å². The molecule has 1 aliphatic heterocycles. The second-order valence-electron chi connectivity index (χ2n) is 2.34. The summed E-state index contributed by atoms with van der Waals surface area (Å²) in [7, 11) is 4.16. The van der Waals surface area contributed by atoms with Crippen LogP contribution in [0.25, 0.3) is 0 Å². The second kappa shape index (κ2) is 2.46. The maximum Gasteiger partial charge on any atom is 0.0165 e. The van der Waals surface area contributed by atoms with Gasteiger partial charge in [0.1, 0.15) is 0 Å². The maximum absolute atomic E-state index is 2.31. The zero-order valence-electron chi connectivity index (χ0n) is 5.59. The highest BCUT2D eigenvalue weighted by Crippen LogP contribution is 2.05. The highest BCUT2D eigenvalue weighted by molar-refractivity contribution is 4.77. The molecule has 1 aliphatic rings. The first-order valence-corrected chi connectivity index (χ1v) is 3.04. The Bertz CT molecular complexity index is 64.9. The average Bonchev–Trinajstić information content (AvgIpc) is 2.12. The first-order valence-electron chi connectivity index (χ1n) is 3.04. The Kier molecular flexibility index (Phi) is 1.86. The van der Waals surface area contributed by atoms with Gasteiger partial charge in [-0.1, -0.05) is 0 Å². The second-order valence-corrected chi connectivity index (χ2v) is 2.34. The molecular formula is C6H13N2. The monoisotopic (exact) mass is 113 g/mol. The average molecular weight is 113 g/mol. The molecule has 2 nitrogen and oxygen atoms in total. The van der Waals surface area contributed by atoms with E-state index in [2.05, 4.69) is 30.5 Å². The van der Waals surface area contributed by atoms with Crippen LogP contribution in [-0.2, 0) is 0 Å². The van der Waals surface area contributed by atoms with Gasteiger partial charge in [0.15, 0.2) is 0 Å². The number of hydrazine groups is 1. The SMILES string of the molecule is CN(C)N1C[CH]CC1. The first-order chi connectivity index (χ1) is 3.80. The first kappa shape index (κ1) is 6.05. The molecule has 0 bridgehead atoms. The van der Waals surface area contributed by atoms with E-state index in [0.29, 0.717) is 0 Å². The normalized spacial score (nSPS) is 22.9. The molecule has 0 aromatic rings. The molecule has 0 unspecified atom stereocenters. The standard InChI is InChI=1S/C6H13N2/c1-7(2)8-5-3-4-6-8/h3H,4-6H2,1-2H3. The molecule has 47 valence electrons. The third kappa shape index (κ3) is 1.20. The molecule has 1 fully saturated rings. The minimum Gasteiger partial charge on any atom is -0.248 e. The topological polar surface area (TPSA) is 6.48 Å². The number of hydrogen-bond acceptors (Lipinski definition) is 2. The van der Waals surface area contributed by atoms with Gasteiger partial charge in [0.25, 0.3) is 0 Å². The van der Waals surface area contributed by atoms with E-state index in [1.165, 1.54) is 13.0 Å². The van der Waals surface area contributed by atoms with Crippen LogP contribution in [0.2, 0.25) is 0 Å². The van der Waals surface area contributed by atoms with Gasteiger partial charge in [-0.25, -0.2) is 10.0 Å². The van der Waals surface area contributed by atoms with Crippen molar-refractivity contribution in [1.82, 2.24) is 10.0 Å². The Balaban J connectivity index is 2.24. The summed E-state index contributed by atoms with van der Waals surface area (Å²) < 4.78 is 0. The lowest BCUT2D eigenvalue weighted by molar-refractivity contribution is 0.0567. The molecular weight excluding hydrogens is 100 g/mol. The zero-order chi connectivity index (χ0) is 5.98. The van der Waals surface area contributed by atoms with Gasteiger partial charge in [0.2, 0.25) is 0 Å². The van der Waals surface area contributed by atoms with Gasteiger partial charge >= 0.3 is 0 Å². The van der Waals surface area contributed by atoms with Crippen LogP contribution in [0.15, 0.2) is 0 Å². The van der Waals surface area contributed by atoms with E-state index < -0.39 is 0 Å². The third-order valence-corrected chi connectivity index (χ3v) is 1.50. The molecule has 0 aromatic carbocycles. The maximum atomic E-state index is 2.31. The van der Waals surface area contributed by atoms with Crippen molar-refractivity contribution in [2.75, 3.05) is 27.2 Å². The van der Waals surface area contributed by atoms with Crippen LogP contribution < -0.4 is 0 Å². The number of rotatable bonds is 1. The van der Waals surface area contributed by atoms with Gasteiger partial charge in [-0.05, 0) is 12.8 Å². The van der Waals surface area contributed by atoms with E-state index >= 15 is 0 Å². The lowest BCUT2D eigenvalue weighted by Gasteiger charge is -2.22. The molecule has 1 radical (unpaired) electrons. The van der Waals surface area contributed by atoms with Crippen LogP contribution in [0, 0.1) is 6.42 Å². The largest absolute Gasteiger partial charge is 0.248 e. The van der Waals surface area contributed by atoms with E-state index in [-0.39, 0.29) is 0 Å². The van der Waals surface area contributed by atoms with Gasteiger partial charge in [-0.15, -0.1) is 0 Å². The predicted octanol–water partition coefficient (Wildman–Crippen LogP) is 0.373. The summed E-state index contributed by atoms with van der Waals surface area (Å²) in [6, 6.07) is 0. The van der Waals surface area contributed by atoms with E-state index in [4.69, 9.17) is 0 Å². The predicted molar refractivity (Wildman–Crippen MR) is 34.2 cm³/mol. The van der Waals surface area contributed by atoms with Crippen LogP contribution in [-0.4, -0.2) is 37.2 Å². The summed E-state index contributed by atoms with van der Waals surface area (Å²) in [5, 5.41) is 4.45. The molecule has 0 atom stereocenters. The van der Waals surface area contributed by atoms with Crippen molar-refractivity contribution in [2.24, 2.45) is 0 Å². The van der Waals surface area contributed by atoms with Gasteiger partial charge in [0.05, 0.1) is 0 Å². The Morgan fingerprint density at radius 3 is 2.50 bits per heavy atom. The summed E-state index contributed by atoms with van der Waals surface area (Å²) in [6.45, 7) is 2.33. The van der Waals surface area contributed by atoms with Crippen LogP contribution in [0.3, 0.4) is 0 Å². The molecule has 0 spiro atoms. The van der Waals surface area contributed by atoms with Gasteiger partial charge in [0, 0.05) is 27.2 Å². The summed E-state index contributed by atoms with van der Waals surface area (Å²) in [5.74, 6) is 0. The third-order valence-electron chi connectivity index (χ3n) is 1.50. The molecule has 0 aliphatic carbocycles. The molecule has 8 heavy (non-hydrogen) atoms. The summed E-state index contributed by atoms with van der Waals surface area (Å²) in [6.07, 6.45) is 3.55. The van der Waals surface area contributed by atoms with Crippen LogP contribution in [0.5, 0.6) is 0 Å². The van der Waals surface area contributed by atoms with Crippen molar-refractivity contribution in [3.8, 4) is 0 Å². The van der Waals surface area contributed by atoms with Gasteiger partial charge < -0.3 is 0 Å². The van der Waals surface area contributed by atoms with E-state index in [1.54, 1.807) is 0 Å². The molecule has 1 heterocycles. The molecule has 0 saturated carbocycles. The van der Waals surface area contributed by atoms with E-state index in [1.807, 2.05) is 0 Å². The molecule has 2 heteroatoms. The fraction of sp³-hybridized carbons (Fsp3) is 0.833. The Morgan fingerprint density at radius 1 is 1.50 bits per heavy atom. The van der Waals surface area contributed by atoms with E-state index in [9.17, 15) is 0 Å². The van der Waals surface area contributed by atoms with E-state index in [0.717, 1.165) is 6.54 Å². The highest BCUT2D eigenvalue weighted by atomic mass is 15.6. The molecule has 0 amide bonds. The molecule has 0 N–H and O–H groups in total. The zero-order valence-corrected chi connectivity index (χ0v) is 5.59. The Labute approximate surface area is 51.0 Å². The smallest absolute Gasteiger partial charge is 0.0165 e. The Hall–Kier alpha value is -0.0800. The lowest BCUT2D eigenvalue weighted by Crippen LogP contribution is -2.33. The number of hydrogen-bond donors (Lipinski definition) is 0.